The fraction of sp³-hybridized carbons (Fsp3) is 0.200. The minimum Gasteiger partial charge on any atom is -0.456 e. The van der Waals surface area contributed by atoms with E-state index in [9.17, 15) is 4.39 Å². The normalized spacial score (nSPS) is 10.5. The van der Waals surface area contributed by atoms with E-state index in [4.69, 9.17) is 10.5 Å². The molecule has 19 heavy (non-hydrogen) atoms. The first-order chi connectivity index (χ1) is 9.10. The lowest BCUT2D eigenvalue weighted by Crippen LogP contribution is -2.02. The Labute approximate surface area is 120 Å². The summed E-state index contributed by atoms with van der Waals surface area (Å²) < 4.78 is 19.4. The second-order valence-corrected chi connectivity index (χ2v) is 5.17. The van der Waals surface area contributed by atoms with E-state index in [2.05, 4.69) is 22.0 Å². The molecule has 2 aromatic rings. The summed E-state index contributed by atoms with van der Waals surface area (Å²) in [6.07, 6.45) is 0.849. The quantitative estimate of drug-likeness (QED) is 0.915. The maximum Gasteiger partial charge on any atom is 0.141 e. The van der Waals surface area contributed by atoms with E-state index < -0.39 is 0 Å². The molecule has 0 spiro atoms. The van der Waals surface area contributed by atoms with Gasteiger partial charge >= 0.3 is 0 Å². The van der Waals surface area contributed by atoms with Crippen LogP contribution in [0.4, 0.5) is 4.39 Å². The fourth-order valence-corrected chi connectivity index (χ4v) is 2.26. The first-order valence-corrected chi connectivity index (χ1v) is 6.82. The van der Waals surface area contributed by atoms with Crippen molar-refractivity contribution in [3.8, 4) is 11.5 Å². The predicted octanol–water partition coefficient (Wildman–Crippen LogP) is 4.19. The van der Waals surface area contributed by atoms with Crippen LogP contribution in [0.25, 0.3) is 0 Å². The van der Waals surface area contributed by atoms with Gasteiger partial charge in [-0.05, 0) is 71.2 Å². The van der Waals surface area contributed by atoms with Crippen LogP contribution in [-0.4, -0.2) is 6.54 Å². The number of hydrogen-bond donors (Lipinski definition) is 1. The second kappa shape index (κ2) is 6.17. The highest BCUT2D eigenvalue weighted by atomic mass is 79.9. The molecule has 0 saturated carbocycles. The second-order valence-electron chi connectivity index (χ2n) is 4.32. The summed E-state index contributed by atoms with van der Waals surface area (Å²) in [4.78, 5) is 0. The van der Waals surface area contributed by atoms with Gasteiger partial charge in [-0.1, -0.05) is 12.1 Å². The van der Waals surface area contributed by atoms with Gasteiger partial charge in [0, 0.05) is 0 Å². The highest BCUT2D eigenvalue weighted by molar-refractivity contribution is 9.10. The zero-order valence-corrected chi connectivity index (χ0v) is 12.2. The Kier molecular flexibility index (Phi) is 4.56. The Morgan fingerprint density at radius 1 is 1.16 bits per heavy atom. The van der Waals surface area contributed by atoms with Crippen molar-refractivity contribution in [2.45, 2.75) is 13.3 Å². The van der Waals surface area contributed by atoms with Gasteiger partial charge in [-0.25, -0.2) is 4.39 Å². The van der Waals surface area contributed by atoms with E-state index in [0.717, 1.165) is 17.7 Å². The average Bonchev–Trinajstić information content (AvgIpc) is 2.36. The number of rotatable bonds is 4. The lowest BCUT2D eigenvalue weighted by atomic mass is 10.1. The van der Waals surface area contributed by atoms with Crippen molar-refractivity contribution in [2.24, 2.45) is 5.73 Å². The third-order valence-electron chi connectivity index (χ3n) is 2.79. The highest BCUT2D eigenvalue weighted by Gasteiger charge is 2.07. The van der Waals surface area contributed by atoms with E-state index in [-0.39, 0.29) is 5.82 Å². The number of nitrogens with two attached hydrogens (primary N) is 1. The monoisotopic (exact) mass is 323 g/mol. The van der Waals surface area contributed by atoms with Crippen LogP contribution in [0.15, 0.2) is 40.9 Å². The molecule has 0 aliphatic heterocycles. The molecular formula is C15H15BrFNO. The van der Waals surface area contributed by atoms with Crippen molar-refractivity contribution in [3.63, 3.8) is 0 Å². The van der Waals surface area contributed by atoms with Crippen LogP contribution in [0.3, 0.4) is 0 Å². The van der Waals surface area contributed by atoms with Crippen LogP contribution in [0.1, 0.15) is 11.1 Å². The summed E-state index contributed by atoms with van der Waals surface area (Å²) in [6, 6.07) is 10.3. The molecule has 100 valence electrons. The zero-order valence-electron chi connectivity index (χ0n) is 10.6. The van der Waals surface area contributed by atoms with Gasteiger partial charge < -0.3 is 10.5 Å². The number of benzene rings is 2. The van der Waals surface area contributed by atoms with E-state index >= 15 is 0 Å². The van der Waals surface area contributed by atoms with E-state index in [1.54, 1.807) is 6.07 Å². The van der Waals surface area contributed by atoms with Crippen LogP contribution in [0.5, 0.6) is 11.5 Å². The fourth-order valence-electron chi connectivity index (χ4n) is 1.82. The Hall–Kier alpha value is -1.39. The first kappa shape index (κ1) is 14.0. The maximum atomic E-state index is 13.0. The molecule has 0 atom stereocenters. The van der Waals surface area contributed by atoms with Crippen molar-refractivity contribution in [1.29, 1.82) is 0 Å². The minimum atomic E-state index is -0.297. The van der Waals surface area contributed by atoms with Gasteiger partial charge in [-0.3, -0.25) is 0 Å². The molecule has 0 aliphatic carbocycles. The van der Waals surface area contributed by atoms with Crippen LogP contribution in [-0.2, 0) is 6.42 Å². The van der Waals surface area contributed by atoms with Crippen molar-refractivity contribution < 1.29 is 9.13 Å². The van der Waals surface area contributed by atoms with Crippen LogP contribution in [0.2, 0.25) is 0 Å². The molecule has 0 amide bonds. The largest absolute Gasteiger partial charge is 0.456 e. The van der Waals surface area contributed by atoms with Gasteiger partial charge in [-0.15, -0.1) is 0 Å². The molecule has 0 heterocycles. The smallest absolute Gasteiger partial charge is 0.141 e. The Morgan fingerprint density at radius 3 is 2.53 bits per heavy atom. The third kappa shape index (κ3) is 3.55. The van der Waals surface area contributed by atoms with Gasteiger partial charge in [0.2, 0.25) is 0 Å². The number of hydrogen-bond acceptors (Lipinski definition) is 2. The summed E-state index contributed by atoms with van der Waals surface area (Å²) in [5.74, 6) is 1.05. The Morgan fingerprint density at radius 2 is 1.89 bits per heavy atom. The number of halogens is 2. The molecule has 0 bridgehead atoms. The summed E-state index contributed by atoms with van der Waals surface area (Å²) in [5, 5.41) is 0. The molecule has 0 aliphatic rings. The van der Waals surface area contributed by atoms with Gasteiger partial charge in [0.15, 0.2) is 0 Å². The molecule has 0 saturated heterocycles. The van der Waals surface area contributed by atoms with E-state index in [0.29, 0.717) is 16.8 Å². The third-order valence-corrected chi connectivity index (χ3v) is 3.41. The molecule has 0 aromatic heterocycles. The summed E-state index contributed by atoms with van der Waals surface area (Å²) in [7, 11) is 0. The minimum absolute atomic E-state index is 0.297. The molecule has 2 rings (SSSR count). The van der Waals surface area contributed by atoms with Gasteiger partial charge in [0.25, 0.3) is 0 Å². The first-order valence-electron chi connectivity index (χ1n) is 6.02. The molecule has 4 heteroatoms. The van der Waals surface area contributed by atoms with Crippen LogP contribution in [0, 0.1) is 12.7 Å². The van der Waals surface area contributed by atoms with Gasteiger partial charge in [0.1, 0.15) is 17.3 Å². The van der Waals surface area contributed by atoms with Crippen molar-refractivity contribution in [2.75, 3.05) is 6.54 Å². The lowest BCUT2D eigenvalue weighted by Gasteiger charge is -2.11. The zero-order chi connectivity index (χ0) is 13.8. The molecule has 2 aromatic carbocycles. The van der Waals surface area contributed by atoms with Crippen molar-refractivity contribution in [1.82, 2.24) is 0 Å². The molecule has 0 fully saturated rings. The summed E-state index contributed by atoms with van der Waals surface area (Å²) in [5.41, 5.74) is 7.75. The molecular weight excluding hydrogens is 309 g/mol. The highest BCUT2D eigenvalue weighted by Crippen LogP contribution is 2.32. The van der Waals surface area contributed by atoms with Gasteiger partial charge in [0.05, 0.1) is 4.47 Å². The topological polar surface area (TPSA) is 35.2 Å². The summed E-state index contributed by atoms with van der Waals surface area (Å²) in [6.45, 7) is 2.61. The van der Waals surface area contributed by atoms with Crippen molar-refractivity contribution >= 4 is 15.9 Å². The predicted molar refractivity (Wildman–Crippen MR) is 78.1 cm³/mol. The SMILES string of the molecule is Cc1cc(CCN)ccc1Oc1ccc(F)cc1Br. The molecule has 0 radical (unpaired) electrons. The number of ether oxygens (including phenoxy) is 1. The molecule has 2 nitrogen and oxygen atoms in total. The standard InChI is InChI=1S/C15H15BrFNO/c1-10-8-11(6-7-18)2-4-14(10)19-15-5-3-12(17)9-13(15)16/h2-5,8-9H,6-7,18H2,1H3. The Bertz CT molecular complexity index is 586. The van der Waals surface area contributed by atoms with Crippen molar-refractivity contribution in [3.05, 3.63) is 57.8 Å². The number of aryl methyl sites for hydroxylation is 1. The molecule has 2 N–H and O–H groups in total. The lowest BCUT2D eigenvalue weighted by molar-refractivity contribution is 0.473. The van der Waals surface area contributed by atoms with Gasteiger partial charge in [-0.2, -0.15) is 0 Å². The van der Waals surface area contributed by atoms with E-state index in [1.807, 2.05) is 19.1 Å². The van der Waals surface area contributed by atoms with Crippen LogP contribution >= 0.6 is 15.9 Å². The van der Waals surface area contributed by atoms with E-state index in [1.165, 1.54) is 17.7 Å². The summed E-state index contributed by atoms with van der Waals surface area (Å²) >= 11 is 3.29. The molecule has 0 unspecified atom stereocenters. The van der Waals surface area contributed by atoms with Crippen LogP contribution < -0.4 is 10.5 Å². The Balaban J connectivity index is 2.23. The maximum absolute atomic E-state index is 13.0. The average molecular weight is 324 g/mol.